The number of aryl methyl sites for hydroxylation is 1. The van der Waals surface area contributed by atoms with Gasteiger partial charge in [0.25, 0.3) is 0 Å². The Morgan fingerprint density at radius 1 is 1.26 bits per heavy atom. The number of halogens is 1. The van der Waals surface area contributed by atoms with Gasteiger partial charge in [-0.15, -0.1) is 11.3 Å². The van der Waals surface area contributed by atoms with Crippen molar-refractivity contribution in [3.8, 4) is 0 Å². The molecule has 1 aromatic heterocycles. The van der Waals surface area contributed by atoms with E-state index >= 15 is 0 Å². The molecule has 104 valence electrons. The Morgan fingerprint density at radius 2 is 1.84 bits per heavy atom. The van der Waals surface area contributed by atoms with E-state index < -0.39 is 0 Å². The maximum absolute atomic E-state index is 6.16. The molecule has 2 aliphatic rings. The summed E-state index contributed by atoms with van der Waals surface area (Å²) in [6.45, 7) is 10.7. The van der Waals surface area contributed by atoms with Crippen LogP contribution >= 0.6 is 27.3 Å². The van der Waals surface area contributed by atoms with Crippen LogP contribution in [0, 0.1) is 6.92 Å². The van der Waals surface area contributed by atoms with Crippen LogP contribution in [-0.4, -0.2) is 18.3 Å². The van der Waals surface area contributed by atoms with Crippen LogP contribution < -0.4 is 0 Å². The summed E-state index contributed by atoms with van der Waals surface area (Å²) in [6, 6.07) is 2.26. The highest BCUT2D eigenvalue weighted by molar-refractivity contribution is 9.11. The quantitative estimate of drug-likeness (QED) is 0.721. The molecule has 2 heterocycles. The van der Waals surface area contributed by atoms with Crippen molar-refractivity contribution < 1.29 is 9.31 Å². The Balaban J connectivity index is 1.73. The van der Waals surface area contributed by atoms with E-state index in [2.05, 4.69) is 56.6 Å². The van der Waals surface area contributed by atoms with Crippen LogP contribution in [0.3, 0.4) is 0 Å². The van der Waals surface area contributed by atoms with Crippen molar-refractivity contribution >= 4 is 34.4 Å². The Kier molecular flexibility index (Phi) is 3.22. The van der Waals surface area contributed by atoms with E-state index in [1.54, 1.807) is 0 Å². The van der Waals surface area contributed by atoms with E-state index in [-0.39, 0.29) is 18.3 Å². The first-order chi connectivity index (χ1) is 8.71. The van der Waals surface area contributed by atoms with Gasteiger partial charge in [-0.1, -0.05) is 0 Å². The predicted octanol–water partition coefficient (Wildman–Crippen LogP) is 4.77. The fourth-order valence-corrected chi connectivity index (χ4v) is 4.54. The second kappa shape index (κ2) is 4.33. The molecule has 1 aliphatic heterocycles. The van der Waals surface area contributed by atoms with Gasteiger partial charge in [0.2, 0.25) is 0 Å². The van der Waals surface area contributed by atoms with Crippen LogP contribution in [0.2, 0.25) is 5.82 Å². The van der Waals surface area contributed by atoms with Crippen molar-refractivity contribution in [1.82, 2.24) is 0 Å². The molecule has 1 saturated heterocycles. The lowest BCUT2D eigenvalue weighted by Gasteiger charge is -2.32. The first-order valence-electron chi connectivity index (χ1n) is 6.83. The van der Waals surface area contributed by atoms with E-state index in [0.29, 0.717) is 11.7 Å². The van der Waals surface area contributed by atoms with Gasteiger partial charge in [-0.25, -0.2) is 0 Å². The van der Waals surface area contributed by atoms with Crippen molar-refractivity contribution in [2.24, 2.45) is 0 Å². The first kappa shape index (κ1) is 14.1. The molecule has 0 aromatic carbocycles. The standard InChI is InChI=1S/C14H20BBrO2S/c1-8-9(7-12(16)19-8)10-6-11(10)15-17-13(2,3)14(4,5)18-15/h7,10-11H,6H2,1-5H3/t10-,11+/m0/s1. The van der Waals surface area contributed by atoms with Gasteiger partial charge in [0, 0.05) is 10.7 Å². The summed E-state index contributed by atoms with van der Waals surface area (Å²) >= 11 is 5.39. The summed E-state index contributed by atoms with van der Waals surface area (Å²) in [6.07, 6.45) is 1.18. The number of hydrogen-bond donors (Lipinski definition) is 0. The van der Waals surface area contributed by atoms with Crippen molar-refractivity contribution in [3.05, 3.63) is 20.3 Å². The zero-order valence-electron chi connectivity index (χ0n) is 12.1. The van der Waals surface area contributed by atoms with E-state index in [1.807, 2.05) is 11.3 Å². The third-order valence-electron chi connectivity index (χ3n) is 4.79. The van der Waals surface area contributed by atoms with Crippen molar-refractivity contribution in [2.45, 2.75) is 64.0 Å². The van der Waals surface area contributed by atoms with E-state index in [4.69, 9.17) is 9.31 Å². The topological polar surface area (TPSA) is 18.5 Å². The van der Waals surface area contributed by atoms with Gasteiger partial charge < -0.3 is 9.31 Å². The van der Waals surface area contributed by atoms with Gasteiger partial charge in [0.15, 0.2) is 0 Å². The molecule has 2 atom stereocenters. The lowest BCUT2D eigenvalue weighted by atomic mass is 9.80. The molecule has 1 aliphatic carbocycles. The molecule has 1 saturated carbocycles. The Labute approximate surface area is 128 Å². The van der Waals surface area contributed by atoms with E-state index in [9.17, 15) is 0 Å². The SMILES string of the molecule is Cc1sc(Br)cc1[C@@H]1C[C@H]1B1OC(C)(C)C(C)(C)O1. The van der Waals surface area contributed by atoms with Gasteiger partial charge in [-0.05, 0) is 74.5 Å². The predicted molar refractivity (Wildman–Crippen MR) is 83.9 cm³/mol. The summed E-state index contributed by atoms with van der Waals surface area (Å²) in [5.41, 5.74) is 1.04. The highest BCUT2D eigenvalue weighted by Crippen LogP contribution is 2.59. The smallest absolute Gasteiger partial charge is 0.403 e. The lowest BCUT2D eigenvalue weighted by Crippen LogP contribution is -2.41. The van der Waals surface area contributed by atoms with E-state index in [0.717, 1.165) is 0 Å². The highest BCUT2D eigenvalue weighted by atomic mass is 79.9. The molecular weight excluding hydrogens is 323 g/mol. The molecule has 0 spiro atoms. The average Bonchev–Trinajstić information content (AvgIpc) is 2.91. The molecule has 0 amide bonds. The molecule has 2 nitrogen and oxygen atoms in total. The Hall–Kier alpha value is 0.165. The number of hydrogen-bond acceptors (Lipinski definition) is 3. The summed E-state index contributed by atoms with van der Waals surface area (Å²) in [5.74, 6) is 1.12. The van der Waals surface area contributed by atoms with Crippen LogP contribution in [0.15, 0.2) is 9.85 Å². The zero-order chi connectivity index (χ0) is 14.0. The van der Waals surface area contributed by atoms with Crippen molar-refractivity contribution in [2.75, 3.05) is 0 Å². The Morgan fingerprint density at radius 3 is 2.32 bits per heavy atom. The molecular formula is C14H20BBrO2S. The van der Waals surface area contributed by atoms with Crippen LogP contribution in [0.4, 0.5) is 0 Å². The Bertz CT molecular complexity index is 496. The minimum atomic E-state index is -0.213. The van der Waals surface area contributed by atoms with Crippen LogP contribution in [0.1, 0.15) is 50.5 Å². The third-order valence-corrected chi connectivity index (χ3v) is 6.36. The molecule has 5 heteroatoms. The molecule has 0 radical (unpaired) electrons. The molecule has 0 N–H and O–H groups in total. The second-order valence-electron chi connectivity index (χ2n) is 6.69. The second-order valence-corrected chi connectivity index (χ2v) is 9.33. The minimum Gasteiger partial charge on any atom is -0.403 e. The van der Waals surface area contributed by atoms with Gasteiger partial charge in [-0.3, -0.25) is 0 Å². The van der Waals surface area contributed by atoms with Crippen molar-refractivity contribution in [3.63, 3.8) is 0 Å². The largest absolute Gasteiger partial charge is 0.461 e. The number of thiophene rings is 1. The van der Waals surface area contributed by atoms with Crippen molar-refractivity contribution in [1.29, 1.82) is 0 Å². The molecule has 1 aromatic rings. The van der Waals surface area contributed by atoms with E-state index in [1.165, 1.54) is 20.6 Å². The average molecular weight is 343 g/mol. The summed E-state index contributed by atoms with van der Waals surface area (Å²) in [7, 11) is -0.0481. The minimum absolute atomic E-state index is 0.0481. The number of rotatable bonds is 2. The molecule has 19 heavy (non-hydrogen) atoms. The monoisotopic (exact) mass is 342 g/mol. The van der Waals surface area contributed by atoms with Gasteiger partial charge in [0.1, 0.15) is 0 Å². The van der Waals surface area contributed by atoms with Crippen LogP contribution in [-0.2, 0) is 9.31 Å². The van der Waals surface area contributed by atoms with Gasteiger partial charge in [0.05, 0.1) is 15.0 Å². The van der Waals surface area contributed by atoms with Gasteiger partial charge >= 0.3 is 7.12 Å². The highest BCUT2D eigenvalue weighted by Gasteiger charge is 2.60. The molecule has 0 unspecified atom stereocenters. The summed E-state index contributed by atoms with van der Waals surface area (Å²) in [5, 5.41) is 0. The fraction of sp³-hybridized carbons (Fsp3) is 0.714. The maximum atomic E-state index is 6.16. The van der Waals surface area contributed by atoms with Crippen LogP contribution in [0.5, 0.6) is 0 Å². The molecule has 3 rings (SSSR count). The lowest BCUT2D eigenvalue weighted by molar-refractivity contribution is 0.00578. The third kappa shape index (κ3) is 2.33. The molecule has 0 bridgehead atoms. The summed E-state index contributed by atoms with van der Waals surface area (Å²) < 4.78 is 13.5. The normalized spacial score (nSPS) is 31.8. The fourth-order valence-electron chi connectivity index (χ4n) is 2.76. The van der Waals surface area contributed by atoms with Crippen LogP contribution in [0.25, 0.3) is 0 Å². The van der Waals surface area contributed by atoms with Gasteiger partial charge in [-0.2, -0.15) is 0 Å². The first-order valence-corrected chi connectivity index (χ1v) is 8.44. The summed E-state index contributed by atoms with van der Waals surface area (Å²) in [4.78, 5) is 1.41. The maximum Gasteiger partial charge on any atom is 0.461 e. The molecule has 2 fully saturated rings. The zero-order valence-corrected chi connectivity index (χ0v) is 14.5.